The fourth-order valence-electron chi connectivity index (χ4n) is 2.58. The van der Waals surface area contributed by atoms with Gasteiger partial charge < -0.3 is 14.9 Å². The van der Waals surface area contributed by atoms with Crippen molar-refractivity contribution < 1.29 is 19.7 Å². The summed E-state index contributed by atoms with van der Waals surface area (Å²) in [6, 6.07) is 9.49. The second-order valence-electron chi connectivity index (χ2n) is 6.88. The normalized spacial score (nSPS) is 27.7. The smallest absolute Gasteiger partial charge is 0.314 e. The van der Waals surface area contributed by atoms with Gasteiger partial charge in [-0.3, -0.25) is 4.79 Å². The maximum Gasteiger partial charge on any atom is 0.314 e. The van der Waals surface area contributed by atoms with Crippen molar-refractivity contribution in [3.8, 4) is 0 Å². The van der Waals surface area contributed by atoms with Crippen molar-refractivity contribution in [2.45, 2.75) is 45.5 Å². The summed E-state index contributed by atoms with van der Waals surface area (Å²) >= 11 is 0. The number of ether oxygens (including phenoxy) is 1. The molecule has 1 aliphatic heterocycles. The molecule has 2 N–H and O–H groups in total. The highest BCUT2D eigenvalue weighted by atomic mass is 16.6. The summed E-state index contributed by atoms with van der Waals surface area (Å²) in [5, 5.41) is 20.5. The van der Waals surface area contributed by atoms with Crippen molar-refractivity contribution in [1.82, 2.24) is 0 Å². The number of hydrogen-bond donors (Lipinski definition) is 2. The molecule has 1 unspecified atom stereocenters. The van der Waals surface area contributed by atoms with Crippen LogP contribution in [0, 0.1) is 11.3 Å². The molecule has 1 aliphatic rings. The van der Waals surface area contributed by atoms with Gasteiger partial charge in [-0.2, -0.15) is 0 Å². The zero-order valence-corrected chi connectivity index (χ0v) is 13.3. The summed E-state index contributed by atoms with van der Waals surface area (Å²) in [4.78, 5) is 12.1. The number of hydrogen-bond acceptors (Lipinski definition) is 4. The molecule has 0 amide bonds. The summed E-state index contributed by atoms with van der Waals surface area (Å²) in [5.41, 5.74) is 0.694. The predicted molar refractivity (Wildman–Crippen MR) is 84.9 cm³/mol. The van der Waals surface area contributed by atoms with Crippen LogP contribution >= 0.6 is 0 Å². The number of rotatable bonds is 3. The topological polar surface area (TPSA) is 66.8 Å². The summed E-state index contributed by atoms with van der Waals surface area (Å²) in [6.45, 7) is 5.89. The van der Waals surface area contributed by atoms with E-state index in [2.05, 4.69) is 0 Å². The molecule has 4 heteroatoms. The number of aliphatic hydroxyl groups excluding tert-OH is 2. The molecule has 0 saturated carbocycles. The number of aliphatic hydroxyl groups is 2. The van der Waals surface area contributed by atoms with Gasteiger partial charge in [-0.1, -0.05) is 63.3 Å². The van der Waals surface area contributed by atoms with Gasteiger partial charge in [0.05, 0.1) is 12.2 Å². The van der Waals surface area contributed by atoms with Crippen LogP contribution in [0.25, 0.3) is 6.08 Å². The fourth-order valence-corrected chi connectivity index (χ4v) is 2.58. The standard InChI is InChI=1S/C18H24O4/c1-18(2,3)15-11-14(20)16(17(21)22-15)13(19)10-9-12-7-5-4-6-8-12/h4-10,13-16,19-20H,11H2,1-3H3/b10-9+/t13?,14-,15+,16+/m1/s1. The SMILES string of the molecule is CC(C)(C)[C@@H]1C[C@@H](O)[C@H](C(O)/C=C/c2ccccc2)C(=O)O1. The van der Waals surface area contributed by atoms with Crippen LogP contribution in [0.5, 0.6) is 0 Å². The first kappa shape index (κ1) is 16.7. The second kappa shape index (κ2) is 6.63. The lowest BCUT2D eigenvalue weighted by atomic mass is 9.80. The van der Waals surface area contributed by atoms with Crippen molar-refractivity contribution in [2.24, 2.45) is 11.3 Å². The van der Waals surface area contributed by atoms with E-state index in [1.54, 1.807) is 6.08 Å². The Kier molecular flexibility index (Phi) is 5.04. The van der Waals surface area contributed by atoms with Gasteiger partial charge >= 0.3 is 5.97 Å². The first-order valence-corrected chi connectivity index (χ1v) is 7.59. The average molecular weight is 304 g/mol. The van der Waals surface area contributed by atoms with Gasteiger partial charge in [-0.05, 0) is 11.0 Å². The minimum Gasteiger partial charge on any atom is -0.461 e. The summed E-state index contributed by atoms with van der Waals surface area (Å²) < 4.78 is 5.41. The van der Waals surface area contributed by atoms with Crippen molar-refractivity contribution >= 4 is 12.0 Å². The van der Waals surface area contributed by atoms with Crippen LogP contribution in [0.4, 0.5) is 0 Å². The molecule has 2 rings (SSSR count). The van der Waals surface area contributed by atoms with E-state index in [1.807, 2.05) is 51.1 Å². The minimum atomic E-state index is -1.07. The zero-order chi connectivity index (χ0) is 16.3. The Labute approximate surface area is 131 Å². The van der Waals surface area contributed by atoms with Crippen LogP contribution in [0.1, 0.15) is 32.8 Å². The first-order valence-electron chi connectivity index (χ1n) is 7.59. The molecule has 1 aromatic rings. The van der Waals surface area contributed by atoms with Crippen LogP contribution in [0.15, 0.2) is 36.4 Å². The number of carbonyl (C=O) groups excluding carboxylic acids is 1. The Morgan fingerprint density at radius 3 is 2.45 bits per heavy atom. The largest absolute Gasteiger partial charge is 0.461 e. The van der Waals surface area contributed by atoms with Crippen LogP contribution < -0.4 is 0 Å². The molecule has 0 bridgehead atoms. The lowest BCUT2D eigenvalue weighted by Crippen LogP contribution is -2.49. The van der Waals surface area contributed by atoms with E-state index in [4.69, 9.17) is 4.74 Å². The van der Waals surface area contributed by atoms with E-state index >= 15 is 0 Å². The lowest BCUT2D eigenvalue weighted by molar-refractivity contribution is -0.184. The third-order valence-corrected chi connectivity index (χ3v) is 4.02. The Morgan fingerprint density at radius 2 is 1.91 bits per heavy atom. The van der Waals surface area contributed by atoms with Gasteiger partial charge in [0, 0.05) is 6.42 Å². The Morgan fingerprint density at radius 1 is 1.27 bits per heavy atom. The Hall–Kier alpha value is -1.65. The molecule has 0 aromatic heterocycles. The van der Waals surface area contributed by atoms with Crippen molar-refractivity contribution in [1.29, 1.82) is 0 Å². The molecule has 4 atom stereocenters. The first-order chi connectivity index (χ1) is 10.3. The highest BCUT2D eigenvalue weighted by molar-refractivity contribution is 5.75. The van der Waals surface area contributed by atoms with Gasteiger partial charge in [-0.15, -0.1) is 0 Å². The third kappa shape index (κ3) is 3.96. The summed E-state index contributed by atoms with van der Waals surface area (Å²) in [7, 11) is 0. The van der Waals surface area contributed by atoms with E-state index in [-0.39, 0.29) is 11.5 Å². The van der Waals surface area contributed by atoms with E-state index in [1.165, 1.54) is 6.08 Å². The predicted octanol–water partition coefficient (Wildman–Crippen LogP) is 2.40. The molecule has 1 heterocycles. The number of benzene rings is 1. The molecule has 1 fully saturated rings. The molecular formula is C18H24O4. The number of esters is 1. The van der Waals surface area contributed by atoms with Gasteiger partial charge in [-0.25, -0.2) is 0 Å². The van der Waals surface area contributed by atoms with Crippen LogP contribution in [0.3, 0.4) is 0 Å². The fraction of sp³-hybridized carbons (Fsp3) is 0.500. The molecule has 1 aromatic carbocycles. The van der Waals surface area contributed by atoms with Gasteiger partial charge in [0.25, 0.3) is 0 Å². The molecule has 0 radical (unpaired) electrons. The van der Waals surface area contributed by atoms with E-state index in [0.29, 0.717) is 6.42 Å². The number of cyclic esters (lactones) is 1. The van der Waals surface area contributed by atoms with E-state index in [9.17, 15) is 15.0 Å². The number of carbonyl (C=O) groups is 1. The van der Waals surface area contributed by atoms with Gasteiger partial charge in [0.1, 0.15) is 12.0 Å². The molecule has 4 nitrogen and oxygen atoms in total. The summed E-state index contributed by atoms with van der Waals surface area (Å²) in [5.74, 6) is -1.47. The lowest BCUT2D eigenvalue weighted by Gasteiger charge is -2.39. The quantitative estimate of drug-likeness (QED) is 0.842. The maximum absolute atomic E-state index is 12.1. The van der Waals surface area contributed by atoms with Crippen LogP contribution in [0.2, 0.25) is 0 Å². The van der Waals surface area contributed by atoms with Crippen molar-refractivity contribution in [3.05, 3.63) is 42.0 Å². The van der Waals surface area contributed by atoms with Gasteiger partial charge in [0.15, 0.2) is 0 Å². The minimum absolute atomic E-state index is 0.230. The Balaban J connectivity index is 2.06. The zero-order valence-electron chi connectivity index (χ0n) is 13.3. The highest BCUT2D eigenvalue weighted by Gasteiger charge is 2.44. The molecule has 1 saturated heterocycles. The van der Waals surface area contributed by atoms with Crippen LogP contribution in [-0.4, -0.2) is 34.5 Å². The molecule has 120 valence electrons. The molecular weight excluding hydrogens is 280 g/mol. The summed E-state index contributed by atoms with van der Waals surface area (Å²) in [6.07, 6.45) is 1.31. The average Bonchev–Trinajstić information content (AvgIpc) is 2.44. The molecule has 22 heavy (non-hydrogen) atoms. The van der Waals surface area contributed by atoms with Crippen molar-refractivity contribution in [3.63, 3.8) is 0 Å². The highest BCUT2D eigenvalue weighted by Crippen LogP contribution is 2.34. The van der Waals surface area contributed by atoms with Gasteiger partial charge in [0.2, 0.25) is 0 Å². The Bertz CT molecular complexity index is 530. The monoisotopic (exact) mass is 304 g/mol. The van der Waals surface area contributed by atoms with Crippen LogP contribution in [-0.2, 0) is 9.53 Å². The third-order valence-electron chi connectivity index (χ3n) is 4.02. The van der Waals surface area contributed by atoms with E-state index < -0.39 is 24.1 Å². The maximum atomic E-state index is 12.1. The second-order valence-corrected chi connectivity index (χ2v) is 6.88. The molecule has 0 aliphatic carbocycles. The molecule has 0 spiro atoms. The van der Waals surface area contributed by atoms with E-state index in [0.717, 1.165) is 5.56 Å². The van der Waals surface area contributed by atoms with Crippen molar-refractivity contribution in [2.75, 3.05) is 0 Å².